The van der Waals surface area contributed by atoms with Crippen molar-refractivity contribution in [2.24, 2.45) is 4.99 Å². The molecule has 0 saturated heterocycles. The Hall–Kier alpha value is -4.00. The van der Waals surface area contributed by atoms with Gasteiger partial charge in [-0.2, -0.15) is 0 Å². The molecule has 0 fully saturated rings. The molecule has 0 aliphatic carbocycles. The van der Waals surface area contributed by atoms with Gasteiger partial charge in [-0.05, 0) is 55.3 Å². The summed E-state index contributed by atoms with van der Waals surface area (Å²) in [5.74, 6) is 0.407. The molecule has 7 nitrogen and oxygen atoms in total. The van der Waals surface area contributed by atoms with Crippen molar-refractivity contribution in [2.45, 2.75) is 13.8 Å². The molecule has 0 spiro atoms. The molecule has 29 heavy (non-hydrogen) atoms. The SMILES string of the molecule is Cc1cc(C)c2oc(-c3cccc(N=Cc4cc([N+](=O)[O-])ccc4O)c3)nc2c1. The van der Waals surface area contributed by atoms with Crippen molar-refractivity contribution in [3.63, 3.8) is 0 Å². The molecule has 144 valence electrons. The second-order valence-corrected chi connectivity index (χ2v) is 6.76. The van der Waals surface area contributed by atoms with Crippen LogP contribution in [0, 0.1) is 24.0 Å². The summed E-state index contributed by atoms with van der Waals surface area (Å²) in [6.45, 7) is 4.00. The number of hydrogen-bond acceptors (Lipinski definition) is 6. The van der Waals surface area contributed by atoms with Crippen LogP contribution in [0.4, 0.5) is 11.4 Å². The van der Waals surface area contributed by atoms with Crippen LogP contribution in [0.25, 0.3) is 22.6 Å². The monoisotopic (exact) mass is 387 g/mol. The number of benzene rings is 3. The molecule has 1 aromatic heterocycles. The predicted molar refractivity (Wildman–Crippen MR) is 111 cm³/mol. The first-order valence-electron chi connectivity index (χ1n) is 8.90. The van der Waals surface area contributed by atoms with Gasteiger partial charge in [0.05, 0.1) is 10.6 Å². The van der Waals surface area contributed by atoms with Crippen LogP contribution >= 0.6 is 0 Å². The summed E-state index contributed by atoms with van der Waals surface area (Å²) in [5.41, 5.74) is 5.19. The number of oxazole rings is 1. The molecule has 4 rings (SSSR count). The van der Waals surface area contributed by atoms with Crippen molar-refractivity contribution in [2.75, 3.05) is 0 Å². The lowest BCUT2D eigenvalue weighted by molar-refractivity contribution is -0.384. The number of aromatic hydroxyl groups is 1. The van der Waals surface area contributed by atoms with Gasteiger partial charge in [0.15, 0.2) is 5.58 Å². The number of aromatic nitrogens is 1. The fourth-order valence-electron chi connectivity index (χ4n) is 3.12. The highest BCUT2D eigenvalue weighted by Gasteiger charge is 2.12. The molecule has 0 bridgehead atoms. The molecule has 0 saturated carbocycles. The largest absolute Gasteiger partial charge is 0.507 e. The fraction of sp³-hybridized carbons (Fsp3) is 0.0909. The fourth-order valence-corrected chi connectivity index (χ4v) is 3.12. The van der Waals surface area contributed by atoms with Crippen LogP contribution in [-0.2, 0) is 0 Å². The van der Waals surface area contributed by atoms with E-state index in [0.717, 1.165) is 27.8 Å². The van der Waals surface area contributed by atoms with Gasteiger partial charge in [-0.15, -0.1) is 0 Å². The van der Waals surface area contributed by atoms with E-state index in [0.29, 0.717) is 11.6 Å². The van der Waals surface area contributed by atoms with Crippen molar-refractivity contribution in [3.05, 3.63) is 81.4 Å². The van der Waals surface area contributed by atoms with E-state index < -0.39 is 4.92 Å². The second kappa shape index (κ2) is 7.20. The number of hydrogen-bond donors (Lipinski definition) is 1. The number of rotatable bonds is 4. The van der Waals surface area contributed by atoms with Gasteiger partial charge >= 0.3 is 0 Å². The Morgan fingerprint density at radius 2 is 1.97 bits per heavy atom. The van der Waals surface area contributed by atoms with E-state index in [9.17, 15) is 15.2 Å². The minimum atomic E-state index is -0.519. The van der Waals surface area contributed by atoms with Crippen LogP contribution in [0.2, 0.25) is 0 Å². The Bertz CT molecular complexity index is 1270. The van der Waals surface area contributed by atoms with Gasteiger partial charge in [-0.1, -0.05) is 12.1 Å². The average molecular weight is 387 g/mol. The topological polar surface area (TPSA) is 102 Å². The quantitative estimate of drug-likeness (QED) is 0.284. The first-order valence-corrected chi connectivity index (χ1v) is 8.90. The summed E-state index contributed by atoms with van der Waals surface area (Å²) in [6.07, 6.45) is 1.39. The maximum Gasteiger partial charge on any atom is 0.270 e. The van der Waals surface area contributed by atoms with E-state index in [1.165, 1.54) is 24.4 Å². The van der Waals surface area contributed by atoms with E-state index in [4.69, 9.17) is 4.42 Å². The zero-order valence-corrected chi connectivity index (χ0v) is 15.8. The van der Waals surface area contributed by atoms with Gasteiger partial charge in [0, 0.05) is 29.5 Å². The highest BCUT2D eigenvalue weighted by molar-refractivity contribution is 5.86. The van der Waals surface area contributed by atoms with Crippen molar-refractivity contribution in [1.29, 1.82) is 0 Å². The lowest BCUT2D eigenvalue weighted by Gasteiger charge is -2.00. The van der Waals surface area contributed by atoms with Crippen LogP contribution in [0.3, 0.4) is 0 Å². The van der Waals surface area contributed by atoms with E-state index in [1.54, 1.807) is 12.1 Å². The third kappa shape index (κ3) is 3.70. The number of aryl methyl sites for hydroxylation is 2. The van der Waals surface area contributed by atoms with Gasteiger partial charge in [0.1, 0.15) is 11.3 Å². The second-order valence-electron chi connectivity index (χ2n) is 6.76. The number of nitro benzene ring substituents is 1. The summed E-state index contributed by atoms with van der Waals surface area (Å²) < 4.78 is 5.94. The van der Waals surface area contributed by atoms with Crippen molar-refractivity contribution in [1.82, 2.24) is 4.98 Å². The molecular formula is C22H17N3O4. The minimum absolute atomic E-state index is 0.0831. The average Bonchev–Trinajstić information content (AvgIpc) is 3.12. The Balaban J connectivity index is 1.68. The molecule has 4 aromatic rings. The summed E-state index contributed by atoms with van der Waals surface area (Å²) in [7, 11) is 0. The van der Waals surface area contributed by atoms with E-state index >= 15 is 0 Å². The van der Waals surface area contributed by atoms with Gasteiger partial charge < -0.3 is 9.52 Å². The van der Waals surface area contributed by atoms with Crippen molar-refractivity contribution < 1.29 is 14.4 Å². The number of nitro groups is 1. The molecule has 1 heterocycles. The Morgan fingerprint density at radius 3 is 2.76 bits per heavy atom. The number of fused-ring (bicyclic) bond motifs is 1. The van der Waals surface area contributed by atoms with Crippen LogP contribution in [0.15, 0.2) is 64.0 Å². The molecule has 0 radical (unpaired) electrons. The maximum absolute atomic E-state index is 10.9. The third-order valence-electron chi connectivity index (χ3n) is 4.49. The lowest BCUT2D eigenvalue weighted by Crippen LogP contribution is -1.90. The first-order chi connectivity index (χ1) is 13.9. The molecule has 7 heteroatoms. The molecule has 0 atom stereocenters. The Labute approximate surface area is 166 Å². The highest BCUT2D eigenvalue weighted by Crippen LogP contribution is 2.29. The molecular weight excluding hydrogens is 370 g/mol. The number of nitrogens with zero attached hydrogens (tertiary/aromatic N) is 3. The third-order valence-corrected chi connectivity index (χ3v) is 4.49. The lowest BCUT2D eigenvalue weighted by atomic mass is 10.1. The normalized spacial score (nSPS) is 11.4. The van der Waals surface area contributed by atoms with Crippen LogP contribution in [-0.4, -0.2) is 21.2 Å². The number of phenols is 1. The van der Waals surface area contributed by atoms with Gasteiger partial charge in [0.25, 0.3) is 5.69 Å². The number of non-ortho nitro benzene ring substituents is 1. The predicted octanol–water partition coefficient (Wildman–Crippen LogP) is 5.48. The van der Waals surface area contributed by atoms with Crippen LogP contribution in [0.5, 0.6) is 5.75 Å². The highest BCUT2D eigenvalue weighted by atomic mass is 16.6. The number of phenolic OH excluding ortho intramolecular Hbond substituents is 1. The number of aliphatic imine (C=N–C) groups is 1. The Kier molecular flexibility index (Phi) is 4.56. The zero-order valence-electron chi connectivity index (χ0n) is 15.8. The molecule has 0 amide bonds. The van der Waals surface area contributed by atoms with E-state index in [1.807, 2.05) is 38.1 Å². The standard InChI is InChI=1S/C22H17N3O4/c1-13-8-14(2)21-19(9-13)24-22(29-21)15-4-3-5-17(10-15)23-12-16-11-18(25(27)28)6-7-20(16)26/h3-12,26H,1-2H3. The maximum atomic E-state index is 10.9. The van der Waals surface area contributed by atoms with Gasteiger partial charge in [-0.3, -0.25) is 15.1 Å². The smallest absolute Gasteiger partial charge is 0.270 e. The van der Waals surface area contributed by atoms with Gasteiger partial charge in [-0.25, -0.2) is 4.98 Å². The molecule has 0 aliphatic heterocycles. The molecule has 0 unspecified atom stereocenters. The first kappa shape index (κ1) is 18.4. The molecule has 1 N–H and O–H groups in total. The van der Waals surface area contributed by atoms with Crippen LogP contribution in [0.1, 0.15) is 16.7 Å². The summed E-state index contributed by atoms with van der Waals surface area (Å²) in [6, 6.07) is 15.1. The van der Waals surface area contributed by atoms with Crippen LogP contribution < -0.4 is 0 Å². The van der Waals surface area contributed by atoms with E-state index in [-0.39, 0.29) is 17.0 Å². The molecule has 0 aliphatic rings. The summed E-state index contributed by atoms with van der Waals surface area (Å²) in [4.78, 5) is 19.3. The van der Waals surface area contributed by atoms with Gasteiger partial charge in [0.2, 0.25) is 5.89 Å². The Morgan fingerprint density at radius 1 is 1.14 bits per heavy atom. The minimum Gasteiger partial charge on any atom is -0.507 e. The summed E-state index contributed by atoms with van der Waals surface area (Å²) in [5, 5.41) is 20.8. The van der Waals surface area contributed by atoms with Crippen molar-refractivity contribution in [3.8, 4) is 17.2 Å². The summed E-state index contributed by atoms with van der Waals surface area (Å²) >= 11 is 0. The molecule has 3 aromatic carbocycles. The zero-order chi connectivity index (χ0) is 20.5. The van der Waals surface area contributed by atoms with Crippen molar-refractivity contribution >= 4 is 28.7 Å². The van der Waals surface area contributed by atoms with E-state index in [2.05, 4.69) is 9.98 Å².